The largest absolute Gasteiger partial charge is 0.466 e. The Labute approximate surface area is 85.8 Å². The van der Waals surface area contributed by atoms with E-state index >= 15 is 0 Å². The van der Waals surface area contributed by atoms with Gasteiger partial charge in [0.15, 0.2) is 0 Å². The second-order valence-electron chi connectivity index (χ2n) is 3.66. The molecule has 0 aliphatic rings. The highest BCUT2D eigenvalue weighted by atomic mass is 16.5. The van der Waals surface area contributed by atoms with Crippen molar-refractivity contribution in [1.82, 2.24) is 0 Å². The molecule has 0 heterocycles. The van der Waals surface area contributed by atoms with Crippen molar-refractivity contribution in [2.75, 3.05) is 6.61 Å². The van der Waals surface area contributed by atoms with Crippen LogP contribution in [0.1, 0.15) is 46.5 Å². The lowest BCUT2D eigenvalue weighted by atomic mass is 9.95. The smallest absolute Gasteiger partial charge is 0.302 e. The minimum absolute atomic E-state index is 0.232. The molecule has 3 nitrogen and oxygen atoms in total. The molecule has 0 bridgehead atoms. The van der Waals surface area contributed by atoms with Crippen LogP contribution in [0.15, 0.2) is 0 Å². The highest BCUT2D eigenvalue weighted by molar-refractivity contribution is 5.75. The zero-order valence-corrected chi connectivity index (χ0v) is 9.34. The van der Waals surface area contributed by atoms with E-state index in [9.17, 15) is 9.59 Å². The monoisotopic (exact) mass is 200 g/mol. The molecular formula is C11H20O3. The lowest BCUT2D eigenvalue weighted by Gasteiger charge is -2.12. The minimum atomic E-state index is -0.232. The summed E-state index contributed by atoms with van der Waals surface area (Å²) in [6.45, 7) is 5.59. The van der Waals surface area contributed by atoms with Gasteiger partial charge >= 0.3 is 5.97 Å². The van der Waals surface area contributed by atoms with Gasteiger partial charge in [-0.25, -0.2) is 0 Å². The van der Waals surface area contributed by atoms with E-state index in [1.807, 2.05) is 0 Å². The Bertz CT molecular complexity index is 187. The quantitative estimate of drug-likeness (QED) is 0.468. The third-order valence-electron chi connectivity index (χ3n) is 2.22. The van der Waals surface area contributed by atoms with Crippen LogP contribution >= 0.6 is 0 Å². The molecule has 0 N–H and O–H groups in total. The molecule has 1 atom stereocenters. The second-order valence-corrected chi connectivity index (χ2v) is 3.66. The lowest BCUT2D eigenvalue weighted by Crippen LogP contribution is -2.07. The summed E-state index contributed by atoms with van der Waals surface area (Å²) >= 11 is 0. The Hall–Kier alpha value is -0.860. The van der Waals surface area contributed by atoms with Crippen molar-refractivity contribution in [3.8, 4) is 0 Å². The molecule has 0 fully saturated rings. The molecule has 0 saturated carbocycles. The van der Waals surface area contributed by atoms with Gasteiger partial charge in [0.25, 0.3) is 0 Å². The van der Waals surface area contributed by atoms with Crippen LogP contribution in [0.5, 0.6) is 0 Å². The first-order valence-corrected chi connectivity index (χ1v) is 5.19. The van der Waals surface area contributed by atoms with E-state index in [0.29, 0.717) is 18.9 Å². The summed E-state index contributed by atoms with van der Waals surface area (Å²) in [7, 11) is 0. The summed E-state index contributed by atoms with van der Waals surface area (Å²) in [5.41, 5.74) is 0. The van der Waals surface area contributed by atoms with Crippen molar-refractivity contribution >= 4 is 11.8 Å². The van der Waals surface area contributed by atoms with Crippen molar-refractivity contribution in [2.24, 2.45) is 5.92 Å². The summed E-state index contributed by atoms with van der Waals surface area (Å²) < 4.78 is 4.82. The topological polar surface area (TPSA) is 43.4 Å². The number of Topliss-reactive ketones (excluding diaryl/α,β-unsaturated/α-hetero) is 1. The molecule has 0 aromatic rings. The summed E-state index contributed by atoms with van der Waals surface area (Å²) in [5.74, 6) is 0.456. The van der Waals surface area contributed by atoms with E-state index < -0.39 is 0 Å². The van der Waals surface area contributed by atoms with Crippen molar-refractivity contribution in [1.29, 1.82) is 0 Å². The maximum absolute atomic E-state index is 10.9. The van der Waals surface area contributed by atoms with Crippen LogP contribution in [0.25, 0.3) is 0 Å². The molecule has 0 amide bonds. The van der Waals surface area contributed by atoms with Crippen molar-refractivity contribution in [3.63, 3.8) is 0 Å². The van der Waals surface area contributed by atoms with E-state index in [-0.39, 0.29) is 11.8 Å². The molecule has 0 unspecified atom stereocenters. The fourth-order valence-corrected chi connectivity index (χ4v) is 1.44. The molecule has 0 aliphatic carbocycles. The molecule has 0 rings (SSSR count). The maximum Gasteiger partial charge on any atom is 0.302 e. The predicted molar refractivity (Wildman–Crippen MR) is 54.9 cm³/mol. The number of carbonyl (C=O) groups excluding carboxylic acids is 2. The van der Waals surface area contributed by atoms with Crippen LogP contribution in [0.3, 0.4) is 0 Å². The number of rotatable bonds is 7. The van der Waals surface area contributed by atoms with Gasteiger partial charge in [0.1, 0.15) is 5.78 Å². The van der Waals surface area contributed by atoms with Crippen LogP contribution in [0.2, 0.25) is 0 Å². The molecule has 0 saturated heterocycles. The van der Waals surface area contributed by atoms with Crippen LogP contribution in [0, 0.1) is 5.92 Å². The number of carbonyl (C=O) groups is 2. The average molecular weight is 200 g/mol. The van der Waals surface area contributed by atoms with E-state index in [1.165, 1.54) is 6.92 Å². The molecule has 0 aliphatic heterocycles. The zero-order chi connectivity index (χ0) is 11.0. The molecule has 0 spiro atoms. The first-order chi connectivity index (χ1) is 6.56. The van der Waals surface area contributed by atoms with Gasteiger partial charge in [0, 0.05) is 13.3 Å². The van der Waals surface area contributed by atoms with Gasteiger partial charge in [0.05, 0.1) is 6.61 Å². The SMILES string of the molecule is CC[C@H](CCCOC(C)=O)CC(C)=O. The fourth-order valence-electron chi connectivity index (χ4n) is 1.44. The van der Waals surface area contributed by atoms with E-state index in [1.54, 1.807) is 6.92 Å². The summed E-state index contributed by atoms with van der Waals surface area (Å²) in [5, 5.41) is 0. The molecule has 0 aromatic carbocycles. The van der Waals surface area contributed by atoms with Gasteiger partial charge in [0.2, 0.25) is 0 Å². The van der Waals surface area contributed by atoms with Crippen molar-refractivity contribution in [2.45, 2.75) is 46.5 Å². The standard InChI is InChI=1S/C11H20O3/c1-4-11(8-9(2)12)6-5-7-14-10(3)13/h11H,4-8H2,1-3H3/t11-/m1/s1. The predicted octanol–water partition coefficient (Wildman–Crippen LogP) is 2.33. The summed E-state index contributed by atoms with van der Waals surface area (Å²) in [6, 6.07) is 0. The van der Waals surface area contributed by atoms with E-state index in [0.717, 1.165) is 19.3 Å². The van der Waals surface area contributed by atoms with Gasteiger partial charge in [-0.3, -0.25) is 4.79 Å². The van der Waals surface area contributed by atoms with Crippen LogP contribution in [-0.2, 0) is 14.3 Å². The highest BCUT2D eigenvalue weighted by Gasteiger charge is 2.08. The second kappa shape index (κ2) is 7.54. The van der Waals surface area contributed by atoms with Gasteiger partial charge in [-0.15, -0.1) is 0 Å². The Balaban J connectivity index is 3.52. The minimum Gasteiger partial charge on any atom is -0.466 e. The first kappa shape index (κ1) is 13.1. The van der Waals surface area contributed by atoms with E-state index in [4.69, 9.17) is 4.74 Å². The molecular weight excluding hydrogens is 180 g/mol. The highest BCUT2D eigenvalue weighted by Crippen LogP contribution is 2.15. The Morgan fingerprint density at radius 1 is 1.29 bits per heavy atom. The number of esters is 1. The maximum atomic E-state index is 10.9. The zero-order valence-electron chi connectivity index (χ0n) is 9.34. The Kier molecular flexibility index (Phi) is 7.07. The number of ether oxygens (including phenoxy) is 1. The molecule has 0 aromatic heterocycles. The molecule has 0 radical (unpaired) electrons. The molecule has 3 heteroatoms. The lowest BCUT2D eigenvalue weighted by molar-refractivity contribution is -0.141. The van der Waals surface area contributed by atoms with Crippen molar-refractivity contribution < 1.29 is 14.3 Å². The number of hydrogen-bond donors (Lipinski definition) is 0. The third kappa shape index (κ3) is 7.77. The van der Waals surface area contributed by atoms with E-state index in [2.05, 4.69) is 6.92 Å². The van der Waals surface area contributed by atoms with Gasteiger partial charge in [-0.05, 0) is 25.7 Å². The van der Waals surface area contributed by atoms with Crippen LogP contribution < -0.4 is 0 Å². The van der Waals surface area contributed by atoms with Crippen LogP contribution in [0.4, 0.5) is 0 Å². The third-order valence-corrected chi connectivity index (χ3v) is 2.22. The van der Waals surface area contributed by atoms with Crippen molar-refractivity contribution in [3.05, 3.63) is 0 Å². The number of hydrogen-bond acceptors (Lipinski definition) is 3. The van der Waals surface area contributed by atoms with Gasteiger partial charge in [-0.2, -0.15) is 0 Å². The Morgan fingerprint density at radius 3 is 2.36 bits per heavy atom. The van der Waals surface area contributed by atoms with Gasteiger partial charge in [-0.1, -0.05) is 13.3 Å². The normalized spacial score (nSPS) is 12.2. The number of ketones is 1. The molecule has 14 heavy (non-hydrogen) atoms. The van der Waals surface area contributed by atoms with Crippen LogP contribution in [-0.4, -0.2) is 18.4 Å². The molecule has 82 valence electrons. The van der Waals surface area contributed by atoms with Gasteiger partial charge < -0.3 is 9.53 Å². The first-order valence-electron chi connectivity index (χ1n) is 5.19. The summed E-state index contributed by atoms with van der Waals surface area (Å²) in [4.78, 5) is 21.3. The fraction of sp³-hybridized carbons (Fsp3) is 0.818. The Morgan fingerprint density at radius 2 is 1.93 bits per heavy atom. The average Bonchev–Trinajstić information content (AvgIpc) is 2.09. The summed E-state index contributed by atoms with van der Waals surface area (Å²) in [6.07, 6.45) is 3.48.